The normalized spacial score (nSPS) is 13.4. The third kappa shape index (κ3) is 4.51. The molecule has 1 fully saturated rings. The number of thiazole rings is 1. The minimum Gasteiger partial charge on any atom is -0.326 e. The fourth-order valence-electron chi connectivity index (χ4n) is 3.19. The monoisotopic (exact) mass is 434 g/mol. The predicted molar refractivity (Wildman–Crippen MR) is 118 cm³/mol. The van der Waals surface area contributed by atoms with Crippen molar-refractivity contribution in [1.82, 2.24) is 4.98 Å². The average Bonchev–Trinajstić information content (AvgIpc) is 3.34. The van der Waals surface area contributed by atoms with Crippen LogP contribution in [0.1, 0.15) is 30.1 Å². The molecule has 1 aliphatic heterocycles. The van der Waals surface area contributed by atoms with E-state index in [0.717, 1.165) is 10.5 Å². The van der Waals surface area contributed by atoms with Gasteiger partial charge in [-0.15, -0.1) is 11.3 Å². The zero-order valence-corrected chi connectivity index (χ0v) is 17.4. The van der Waals surface area contributed by atoms with Crippen LogP contribution >= 0.6 is 11.3 Å². The molecule has 0 unspecified atom stereocenters. The van der Waals surface area contributed by atoms with Crippen molar-refractivity contribution in [2.75, 3.05) is 15.5 Å². The van der Waals surface area contributed by atoms with Crippen molar-refractivity contribution in [2.24, 2.45) is 0 Å². The van der Waals surface area contributed by atoms with Gasteiger partial charge in [0.25, 0.3) is 5.91 Å². The number of anilines is 3. The molecule has 0 aliphatic carbocycles. The summed E-state index contributed by atoms with van der Waals surface area (Å²) in [6, 6.07) is 13.5. The lowest BCUT2D eigenvalue weighted by Gasteiger charge is -2.13. The zero-order chi connectivity index (χ0) is 22.0. The molecule has 3 aromatic rings. The summed E-state index contributed by atoms with van der Waals surface area (Å²) in [5, 5.41) is 7.74. The summed E-state index contributed by atoms with van der Waals surface area (Å²) in [4.78, 5) is 52.9. The highest BCUT2D eigenvalue weighted by Gasteiger charge is 2.30. The first kappa shape index (κ1) is 20.4. The Morgan fingerprint density at radius 1 is 0.935 bits per heavy atom. The van der Waals surface area contributed by atoms with Gasteiger partial charge >= 0.3 is 0 Å². The molecular formula is C22H18N4O4S. The highest BCUT2D eigenvalue weighted by molar-refractivity contribution is 7.14. The first-order valence-corrected chi connectivity index (χ1v) is 10.4. The Balaban J connectivity index is 1.42. The fourth-order valence-corrected chi connectivity index (χ4v) is 3.90. The maximum Gasteiger partial charge on any atom is 0.257 e. The third-order valence-electron chi connectivity index (χ3n) is 4.66. The molecule has 1 aliphatic rings. The van der Waals surface area contributed by atoms with Crippen LogP contribution in [0.3, 0.4) is 0 Å². The minimum absolute atomic E-state index is 0.141. The lowest BCUT2D eigenvalue weighted by molar-refractivity contribution is -0.121. The van der Waals surface area contributed by atoms with Gasteiger partial charge in [0.05, 0.1) is 11.4 Å². The molecule has 0 bridgehead atoms. The van der Waals surface area contributed by atoms with Crippen molar-refractivity contribution in [1.29, 1.82) is 0 Å². The van der Waals surface area contributed by atoms with Gasteiger partial charge in [-0.2, -0.15) is 0 Å². The van der Waals surface area contributed by atoms with E-state index in [9.17, 15) is 19.2 Å². The van der Waals surface area contributed by atoms with Gasteiger partial charge in [-0.3, -0.25) is 29.4 Å². The molecule has 4 amide bonds. The Kier molecular flexibility index (Phi) is 5.59. The second-order valence-corrected chi connectivity index (χ2v) is 7.78. The van der Waals surface area contributed by atoms with Gasteiger partial charge in [0.15, 0.2) is 5.13 Å². The van der Waals surface area contributed by atoms with E-state index in [0.29, 0.717) is 27.8 Å². The van der Waals surface area contributed by atoms with Crippen molar-refractivity contribution in [3.8, 4) is 11.3 Å². The molecule has 4 rings (SSSR count). The molecule has 1 saturated heterocycles. The highest BCUT2D eigenvalue weighted by atomic mass is 32.1. The smallest absolute Gasteiger partial charge is 0.257 e. The van der Waals surface area contributed by atoms with Crippen LogP contribution in [0, 0.1) is 0 Å². The first-order valence-electron chi connectivity index (χ1n) is 9.51. The van der Waals surface area contributed by atoms with E-state index in [1.54, 1.807) is 36.4 Å². The third-order valence-corrected chi connectivity index (χ3v) is 5.42. The fraction of sp³-hybridized carbons (Fsp3) is 0.136. The van der Waals surface area contributed by atoms with Gasteiger partial charge in [0, 0.05) is 42.0 Å². The summed E-state index contributed by atoms with van der Waals surface area (Å²) in [6.07, 6.45) is 0.423. The second-order valence-electron chi connectivity index (χ2n) is 6.92. The van der Waals surface area contributed by atoms with Crippen LogP contribution in [0.2, 0.25) is 0 Å². The Morgan fingerprint density at radius 2 is 1.58 bits per heavy atom. The number of nitrogens with one attached hydrogen (secondary N) is 2. The molecule has 9 heteroatoms. The summed E-state index contributed by atoms with van der Waals surface area (Å²) in [7, 11) is 0. The van der Waals surface area contributed by atoms with Crippen molar-refractivity contribution < 1.29 is 19.2 Å². The molecule has 8 nitrogen and oxygen atoms in total. The van der Waals surface area contributed by atoms with E-state index in [1.165, 1.54) is 18.3 Å². The number of amides is 4. The van der Waals surface area contributed by atoms with Gasteiger partial charge in [0.2, 0.25) is 17.7 Å². The number of aromatic nitrogens is 1. The molecular weight excluding hydrogens is 416 g/mol. The zero-order valence-electron chi connectivity index (χ0n) is 16.5. The number of hydrogen-bond donors (Lipinski definition) is 2. The maximum absolute atomic E-state index is 12.5. The number of imide groups is 1. The van der Waals surface area contributed by atoms with Crippen LogP contribution < -0.4 is 15.5 Å². The Labute approximate surface area is 181 Å². The number of benzene rings is 2. The van der Waals surface area contributed by atoms with E-state index < -0.39 is 0 Å². The molecule has 2 aromatic carbocycles. The quantitative estimate of drug-likeness (QED) is 0.596. The summed E-state index contributed by atoms with van der Waals surface area (Å²) in [5.41, 5.74) is 3.11. The number of nitrogens with zero attached hydrogens (tertiary/aromatic N) is 2. The lowest BCUT2D eigenvalue weighted by Crippen LogP contribution is -2.28. The molecule has 0 radical (unpaired) electrons. The van der Waals surface area contributed by atoms with Crippen LogP contribution in [-0.4, -0.2) is 28.6 Å². The van der Waals surface area contributed by atoms with E-state index in [-0.39, 0.29) is 36.5 Å². The molecule has 0 atom stereocenters. The lowest BCUT2D eigenvalue weighted by atomic mass is 10.1. The summed E-state index contributed by atoms with van der Waals surface area (Å²) in [5.74, 6) is -0.948. The maximum atomic E-state index is 12.5. The molecule has 31 heavy (non-hydrogen) atoms. The SMILES string of the molecule is CC(=O)Nc1ccc(-c2csc(NC(=O)c3ccc(N4C(=O)CCC4=O)cc3)n2)cc1. The summed E-state index contributed by atoms with van der Waals surface area (Å²) in [6.45, 7) is 1.45. The summed E-state index contributed by atoms with van der Waals surface area (Å²) < 4.78 is 0. The van der Waals surface area contributed by atoms with Crippen LogP contribution in [0.5, 0.6) is 0 Å². The van der Waals surface area contributed by atoms with E-state index in [2.05, 4.69) is 15.6 Å². The van der Waals surface area contributed by atoms with Gasteiger partial charge < -0.3 is 5.32 Å². The van der Waals surface area contributed by atoms with Crippen molar-refractivity contribution in [3.63, 3.8) is 0 Å². The molecule has 2 N–H and O–H groups in total. The predicted octanol–water partition coefficient (Wildman–Crippen LogP) is 3.67. The molecule has 0 spiro atoms. The average molecular weight is 434 g/mol. The van der Waals surface area contributed by atoms with E-state index in [4.69, 9.17) is 0 Å². The van der Waals surface area contributed by atoms with Crippen molar-refractivity contribution in [2.45, 2.75) is 19.8 Å². The molecule has 2 heterocycles. The van der Waals surface area contributed by atoms with Gasteiger partial charge in [-0.25, -0.2) is 4.98 Å². The van der Waals surface area contributed by atoms with Crippen LogP contribution in [0.4, 0.5) is 16.5 Å². The van der Waals surface area contributed by atoms with Crippen LogP contribution in [-0.2, 0) is 14.4 Å². The Morgan fingerprint density at radius 3 is 2.19 bits per heavy atom. The number of hydrogen-bond acceptors (Lipinski definition) is 6. The summed E-state index contributed by atoms with van der Waals surface area (Å²) >= 11 is 1.30. The van der Waals surface area contributed by atoms with E-state index >= 15 is 0 Å². The molecule has 0 saturated carbocycles. The van der Waals surface area contributed by atoms with Gasteiger partial charge in [-0.05, 0) is 36.4 Å². The van der Waals surface area contributed by atoms with Crippen molar-refractivity contribution in [3.05, 3.63) is 59.5 Å². The topological polar surface area (TPSA) is 108 Å². The standard InChI is InChI=1S/C22H18N4O4S/c1-13(27)23-16-6-2-14(3-7-16)18-12-31-22(24-18)25-21(30)15-4-8-17(9-5-15)26-19(28)10-11-20(26)29/h2-9,12H,10-11H2,1H3,(H,23,27)(H,24,25,30). The highest BCUT2D eigenvalue weighted by Crippen LogP contribution is 2.27. The Bertz CT molecular complexity index is 1150. The van der Waals surface area contributed by atoms with Gasteiger partial charge in [-0.1, -0.05) is 12.1 Å². The van der Waals surface area contributed by atoms with E-state index in [1.807, 2.05) is 17.5 Å². The second kappa shape index (κ2) is 8.49. The van der Waals surface area contributed by atoms with Gasteiger partial charge in [0.1, 0.15) is 0 Å². The Hall–Kier alpha value is -3.85. The number of carbonyl (C=O) groups excluding carboxylic acids is 4. The van der Waals surface area contributed by atoms with Crippen LogP contribution in [0.25, 0.3) is 11.3 Å². The number of carbonyl (C=O) groups is 4. The van der Waals surface area contributed by atoms with Crippen LogP contribution in [0.15, 0.2) is 53.9 Å². The largest absolute Gasteiger partial charge is 0.326 e. The molecule has 1 aromatic heterocycles. The minimum atomic E-state index is -0.340. The van der Waals surface area contributed by atoms with Crippen molar-refractivity contribution >= 4 is 51.5 Å². The molecule has 156 valence electrons. The first-order chi connectivity index (χ1) is 14.9. The number of rotatable bonds is 5.